The molecular weight excluding hydrogens is 451 g/mol. The van der Waals surface area contributed by atoms with Gasteiger partial charge in [0.2, 0.25) is 11.8 Å². The first-order valence-corrected chi connectivity index (χ1v) is 12.8. The summed E-state index contributed by atoms with van der Waals surface area (Å²) in [6.07, 6.45) is 4.62. The summed E-state index contributed by atoms with van der Waals surface area (Å²) >= 11 is 0. The SMILES string of the molecule is Cc1ccc(C)c(CC(=O)N(Cc2ccccc2F)C(Cc2ccccc2)C(=O)NC2CCCC2)c1. The van der Waals surface area contributed by atoms with Crippen molar-refractivity contribution in [2.45, 2.75) is 71.0 Å². The van der Waals surface area contributed by atoms with E-state index in [0.29, 0.717) is 12.0 Å². The van der Waals surface area contributed by atoms with E-state index in [1.54, 1.807) is 23.1 Å². The van der Waals surface area contributed by atoms with E-state index in [-0.39, 0.29) is 36.6 Å². The number of hydrogen-bond acceptors (Lipinski definition) is 2. The van der Waals surface area contributed by atoms with Crippen LogP contribution < -0.4 is 5.32 Å². The molecule has 0 aromatic heterocycles. The molecule has 0 aliphatic heterocycles. The van der Waals surface area contributed by atoms with Crippen molar-refractivity contribution in [3.63, 3.8) is 0 Å². The molecule has 0 spiro atoms. The summed E-state index contributed by atoms with van der Waals surface area (Å²) in [5.74, 6) is -0.734. The van der Waals surface area contributed by atoms with Crippen LogP contribution in [0, 0.1) is 19.7 Å². The Morgan fingerprint density at radius 3 is 2.36 bits per heavy atom. The van der Waals surface area contributed by atoms with Gasteiger partial charge in [-0.1, -0.05) is 85.1 Å². The zero-order valence-electron chi connectivity index (χ0n) is 21.2. The second-order valence-electron chi connectivity index (χ2n) is 9.92. The van der Waals surface area contributed by atoms with Crippen LogP contribution in [0.25, 0.3) is 0 Å². The quantitative estimate of drug-likeness (QED) is 0.423. The maximum atomic E-state index is 14.7. The largest absolute Gasteiger partial charge is 0.352 e. The Morgan fingerprint density at radius 2 is 1.64 bits per heavy atom. The van der Waals surface area contributed by atoms with Crippen LogP contribution in [-0.2, 0) is 29.0 Å². The molecule has 4 rings (SSSR count). The number of nitrogens with zero attached hydrogens (tertiary/aromatic N) is 1. The molecule has 36 heavy (non-hydrogen) atoms. The molecular formula is C31H35FN2O2. The highest BCUT2D eigenvalue weighted by Crippen LogP contribution is 2.22. The molecule has 1 aliphatic carbocycles. The molecule has 0 saturated heterocycles. The van der Waals surface area contributed by atoms with Gasteiger partial charge in [0.05, 0.1) is 6.42 Å². The van der Waals surface area contributed by atoms with Gasteiger partial charge in [0.25, 0.3) is 0 Å². The van der Waals surface area contributed by atoms with Gasteiger partial charge >= 0.3 is 0 Å². The fourth-order valence-electron chi connectivity index (χ4n) is 4.99. The van der Waals surface area contributed by atoms with Crippen molar-refractivity contribution < 1.29 is 14.0 Å². The number of aryl methyl sites for hydroxylation is 2. The van der Waals surface area contributed by atoms with Crippen LogP contribution in [0.5, 0.6) is 0 Å². The minimum absolute atomic E-state index is 0.0337. The average Bonchev–Trinajstić information content (AvgIpc) is 3.38. The monoisotopic (exact) mass is 486 g/mol. The highest BCUT2D eigenvalue weighted by molar-refractivity contribution is 5.89. The topological polar surface area (TPSA) is 49.4 Å². The highest BCUT2D eigenvalue weighted by Gasteiger charge is 2.32. The Morgan fingerprint density at radius 1 is 0.944 bits per heavy atom. The van der Waals surface area contributed by atoms with Gasteiger partial charge in [-0.2, -0.15) is 0 Å². The standard InChI is InChI=1S/C31H35FN2O2/c1-22-16-17-23(2)26(18-22)20-30(35)34(21-25-12-6-9-15-28(25)32)29(19-24-10-4-3-5-11-24)31(36)33-27-13-7-8-14-27/h3-6,9-12,15-18,27,29H,7-8,13-14,19-21H2,1-2H3,(H,33,36). The molecule has 3 aromatic carbocycles. The number of nitrogens with one attached hydrogen (secondary N) is 1. The number of hydrogen-bond donors (Lipinski definition) is 1. The fourth-order valence-corrected chi connectivity index (χ4v) is 4.99. The van der Waals surface area contributed by atoms with E-state index in [2.05, 4.69) is 5.32 Å². The second-order valence-corrected chi connectivity index (χ2v) is 9.92. The third-order valence-corrected chi connectivity index (χ3v) is 7.12. The molecule has 1 fully saturated rings. The molecule has 1 atom stereocenters. The average molecular weight is 487 g/mol. The lowest BCUT2D eigenvalue weighted by molar-refractivity contribution is -0.141. The molecule has 0 heterocycles. The summed E-state index contributed by atoms with van der Waals surface area (Å²) in [4.78, 5) is 29.2. The number of rotatable bonds is 9. The minimum Gasteiger partial charge on any atom is -0.352 e. The van der Waals surface area contributed by atoms with Crippen LogP contribution in [-0.4, -0.2) is 28.8 Å². The smallest absolute Gasteiger partial charge is 0.243 e. The summed E-state index contributed by atoms with van der Waals surface area (Å²) in [5.41, 5.74) is 4.38. The van der Waals surface area contributed by atoms with Crippen molar-refractivity contribution in [3.8, 4) is 0 Å². The Hall–Kier alpha value is -3.47. The normalized spacial score (nSPS) is 14.4. The van der Waals surface area contributed by atoms with Crippen LogP contribution in [0.1, 0.15) is 53.5 Å². The van der Waals surface area contributed by atoms with Gasteiger partial charge in [0.1, 0.15) is 11.9 Å². The van der Waals surface area contributed by atoms with E-state index >= 15 is 0 Å². The second kappa shape index (κ2) is 12.0. The van der Waals surface area contributed by atoms with E-state index in [9.17, 15) is 14.0 Å². The lowest BCUT2D eigenvalue weighted by atomic mass is 9.99. The first-order valence-electron chi connectivity index (χ1n) is 12.8. The minimum atomic E-state index is -0.745. The zero-order valence-corrected chi connectivity index (χ0v) is 21.2. The summed E-state index contributed by atoms with van der Waals surface area (Å²) < 4.78 is 14.7. The lowest BCUT2D eigenvalue weighted by Crippen LogP contribution is -2.52. The van der Waals surface area contributed by atoms with Gasteiger partial charge in [-0.3, -0.25) is 9.59 Å². The number of carbonyl (C=O) groups excluding carboxylic acids is 2. The molecule has 0 bridgehead atoms. The van der Waals surface area contributed by atoms with Crippen LogP contribution in [0.15, 0.2) is 72.8 Å². The van der Waals surface area contributed by atoms with Crippen LogP contribution in [0.3, 0.4) is 0 Å². The van der Waals surface area contributed by atoms with Crippen LogP contribution in [0.4, 0.5) is 4.39 Å². The van der Waals surface area contributed by atoms with Crippen molar-refractivity contribution in [1.82, 2.24) is 10.2 Å². The predicted molar refractivity (Wildman–Crippen MR) is 141 cm³/mol. The van der Waals surface area contributed by atoms with E-state index < -0.39 is 6.04 Å². The maximum absolute atomic E-state index is 14.7. The highest BCUT2D eigenvalue weighted by atomic mass is 19.1. The van der Waals surface area contributed by atoms with E-state index in [4.69, 9.17) is 0 Å². The first-order chi connectivity index (χ1) is 17.4. The lowest BCUT2D eigenvalue weighted by Gasteiger charge is -2.32. The van der Waals surface area contributed by atoms with Crippen molar-refractivity contribution in [2.75, 3.05) is 0 Å². The molecule has 3 aromatic rings. The van der Waals surface area contributed by atoms with Gasteiger partial charge in [-0.15, -0.1) is 0 Å². The van der Waals surface area contributed by atoms with Gasteiger partial charge in [-0.05, 0) is 49.4 Å². The summed E-state index contributed by atoms with van der Waals surface area (Å²) in [6, 6.07) is 21.6. The molecule has 1 aliphatic rings. The molecule has 5 heteroatoms. The van der Waals surface area contributed by atoms with Crippen molar-refractivity contribution in [2.24, 2.45) is 0 Å². The van der Waals surface area contributed by atoms with Gasteiger partial charge in [0.15, 0.2) is 0 Å². The van der Waals surface area contributed by atoms with E-state index in [1.807, 2.05) is 62.4 Å². The Kier molecular flexibility index (Phi) is 8.52. The molecule has 1 saturated carbocycles. The number of benzene rings is 3. The molecule has 2 amide bonds. The van der Waals surface area contributed by atoms with E-state index in [0.717, 1.165) is 47.9 Å². The Bertz CT molecular complexity index is 1190. The fraction of sp³-hybridized carbons (Fsp3) is 0.355. The zero-order chi connectivity index (χ0) is 25.5. The number of amides is 2. The van der Waals surface area contributed by atoms with E-state index in [1.165, 1.54) is 6.07 Å². The van der Waals surface area contributed by atoms with Crippen LogP contribution in [0.2, 0.25) is 0 Å². The maximum Gasteiger partial charge on any atom is 0.243 e. The van der Waals surface area contributed by atoms with Gasteiger partial charge in [0, 0.05) is 24.6 Å². The molecule has 1 unspecified atom stereocenters. The van der Waals surface area contributed by atoms with Crippen molar-refractivity contribution in [1.29, 1.82) is 0 Å². The van der Waals surface area contributed by atoms with Gasteiger partial charge < -0.3 is 10.2 Å². The van der Waals surface area contributed by atoms with Gasteiger partial charge in [-0.25, -0.2) is 4.39 Å². The first kappa shape index (κ1) is 25.6. The summed E-state index contributed by atoms with van der Waals surface area (Å²) in [6.45, 7) is 4.02. The number of carbonyl (C=O) groups is 2. The Labute approximate surface area is 213 Å². The Balaban J connectivity index is 1.69. The molecule has 0 radical (unpaired) electrons. The third-order valence-electron chi connectivity index (χ3n) is 7.12. The molecule has 1 N–H and O–H groups in total. The predicted octanol–water partition coefficient (Wildman–Crippen LogP) is 5.68. The molecule has 4 nitrogen and oxygen atoms in total. The summed E-state index contributed by atoms with van der Waals surface area (Å²) in [7, 11) is 0. The van der Waals surface area contributed by atoms with Crippen LogP contribution >= 0.6 is 0 Å². The summed E-state index contributed by atoms with van der Waals surface area (Å²) in [5, 5.41) is 3.19. The third kappa shape index (κ3) is 6.60. The van der Waals surface area contributed by atoms with Crippen molar-refractivity contribution >= 4 is 11.8 Å². The number of halogens is 1. The van der Waals surface area contributed by atoms with Crippen molar-refractivity contribution in [3.05, 3.63) is 106 Å². The molecule has 188 valence electrons.